The predicted octanol–water partition coefficient (Wildman–Crippen LogP) is 4.25. The molecule has 0 radical (unpaired) electrons. The summed E-state index contributed by atoms with van der Waals surface area (Å²) in [5, 5.41) is 2.72. The molecule has 2 heterocycles. The molecule has 0 bridgehead atoms. The second-order valence-electron chi connectivity index (χ2n) is 7.58. The van der Waals surface area contributed by atoms with E-state index in [0.29, 0.717) is 11.5 Å². The van der Waals surface area contributed by atoms with Crippen LogP contribution in [0.4, 0.5) is 23.5 Å². The maximum absolute atomic E-state index is 14.2. The number of alkyl halides is 3. The number of carbonyl (C=O) groups excluding carboxylic acids is 1. The van der Waals surface area contributed by atoms with Gasteiger partial charge in [-0.1, -0.05) is 19.9 Å². The van der Waals surface area contributed by atoms with Crippen LogP contribution in [0.3, 0.4) is 0 Å². The Labute approximate surface area is 180 Å². The highest BCUT2D eigenvalue weighted by molar-refractivity contribution is 8.00. The third kappa shape index (κ3) is 5.99. The van der Waals surface area contributed by atoms with Crippen molar-refractivity contribution in [3.63, 3.8) is 0 Å². The van der Waals surface area contributed by atoms with Crippen LogP contribution in [0, 0.1) is 11.7 Å². The van der Waals surface area contributed by atoms with E-state index < -0.39 is 45.5 Å². The van der Waals surface area contributed by atoms with Crippen molar-refractivity contribution in [2.24, 2.45) is 5.92 Å². The predicted molar refractivity (Wildman–Crippen MR) is 110 cm³/mol. The minimum absolute atomic E-state index is 0.0824. The highest BCUT2D eigenvalue weighted by Crippen LogP contribution is 2.39. The van der Waals surface area contributed by atoms with Gasteiger partial charge in [-0.15, -0.1) is 0 Å². The van der Waals surface area contributed by atoms with Gasteiger partial charge in [0.2, 0.25) is 5.95 Å². The Morgan fingerprint density at radius 1 is 1.23 bits per heavy atom. The number of hydrogen-bond acceptors (Lipinski definition) is 5. The van der Waals surface area contributed by atoms with Crippen molar-refractivity contribution in [1.29, 1.82) is 0 Å². The number of amides is 1. The first kappa shape index (κ1) is 23.1. The van der Waals surface area contributed by atoms with Gasteiger partial charge in [-0.25, -0.2) is 9.37 Å². The van der Waals surface area contributed by atoms with E-state index in [1.807, 2.05) is 4.90 Å². The van der Waals surface area contributed by atoms with E-state index in [-0.39, 0.29) is 11.6 Å². The maximum Gasteiger partial charge on any atom is 0.446 e. The van der Waals surface area contributed by atoms with Gasteiger partial charge >= 0.3 is 5.51 Å². The van der Waals surface area contributed by atoms with Crippen molar-refractivity contribution in [3.05, 3.63) is 51.7 Å². The van der Waals surface area contributed by atoms with Crippen LogP contribution >= 0.6 is 11.8 Å². The minimum Gasteiger partial charge on any atom is -0.344 e. The zero-order valence-corrected chi connectivity index (χ0v) is 17.7. The van der Waals surface area contributed by atoms with Gasteiger partial charge in [-0.2, -0.15) is 13.2 Å². The molecule has 1 aromatic carbocycles. The van der Waals surface area contributed by atoms with E-state index in [1.54, 1.807) is 13.8 Å². The number of rotatable bonds is 6. The Balaban J connectivity index is 1.83. The number of hydrogen-bond donors (Lipinski definition) is 2. The van der Waals surface area contributed by atoms with Gasteiger partial charge in [-0.3, -0.25) is 14.6 Å². The van der Waals surface area contributed by atoms with E-state index in [9.17, 15) is 27.2 Å². The number of benzene rings is 1. The molecule has 0 spiro atoms. The number of aromatic nitrogens is 2. The molecule has 2 N–H and O–H groups in total. The first-order valence-electron chi connectivity index (χ1n) is 9.76. The van der Waals surface area contributed by atoms with Gasteiger partial charge in [0.15, 0.2) is 0 Å². The van der Waals surface area contributed by atoms with E-state index in [1.165, 1.54) is 6.07 Å². The molecule has 1 amide bonds. The lowest BCUT2D eigenvalue weighted by atomic mass is 9.95. The number of carbonyl (C=O) groups is 1. The van der Waals surface area contributed by atoms with Crippen LogP contribution in [0.5, 0.6) is 0 Å². The quantitative estimate of drug-likeness (QED) is 0.500. The molecule has 1 atom stereocenters. The fourth-order valence-corrected chi connectivity index (χ4v) is 3.95. The Kier molecular flexibility index (Phi) is 6.93. The Morgan fingerprint density at radius 3 is 2.48 bits per heavy atom. The van der Waals surface area contributed by atoms with E-state index >= 15 is 0 Å². The average molecular weight is 458 g/mol. The minimum atomic E-state index is -4.60. The zero-order valence-electron chi connectivity index (χ0n) is 16.9. The number of aromatic amines is 1. The molecule has 2 aromatic rings. The SMILES string of the molecule is CC(C)[C@@H](NC(=O)c1cc(=O)[nH]c(N2CCCC2)n1)c1ccc(SC(F)(F)F)c(F)c1. The molecule has 6 nitrogen and oxygen atoms in total. The van der Waals surface area contributed by atoms with Crippen molar-refractivity contribution in [2.75, 3.05) is 18.0 Å². The van der Waals surface area contributed by atoms with Gasteiger partial charge < -0.3 is 10.2 Å². The zero-order chi connectivity index (χ0) is 22.8. The summed E-state index contributed by atoms with van der Waals surface area (Å²) >= 11 is -0.533. The molecule has 0 unspecified atom stereocenters. The van der Waals surface area contributed by atoms with Crippen LogP contribution in [0.1, 0.15) is 48.8 Å². The van der Waals surface area contributed by atoms with Crippen molar-refractivity contribution in [3.8, 4) is 0 Å². The topological polar surface area (TPSA) is 78.1 Å². The lowest BCUT2D eigenvalue weighted by Crippen LogP contribution is -2.34. The molecule has 1 saturated heterocycles. The molecule has 1 aliphatic heterocycles. The van der Waals surface area contributed by atoms with Gasteiger partial charge in [-0.05, 0) is 48.2 Å². The second-order valence-corrected chi connectivity index (χ2v) is 8.69. The molecule has 31 heavy (non-hydrogen) atoms. The van der Waals surface area contributed by atoms with Gasteiger partial charge in [0.1, 0.15) is 11.5 Å². The monoisotopic (exact) mass is 458 g/mol. The standard InChI is InChI=1S/C20H22F4N4O2S/c1-11(2)17(12-5-6-15(13(21)9-12)31-20(22,23)24)27-18(30)14-10-16(29)26-19(25-14)28-7-3-4-8-28/h5-6,9-11,17H,3-4,7-8H2,1-2H3,(H,27,30)(H,25,26,29)/t17-/m1/s1. The van der Waals surface area contributed by atoms with Crippen molar-refractivity contribution >= 4 is 23.6 Å². The number of H-pyrrole nitrogens is 1. The smallest absolute Gasteiger partial charge is 0.344 e. The molecule has 0 aliphatic carbocycles. The molecular weight excluding hydrogens is 436 g/mol. The number of nitrogens with zero attached hydrogens (tertiary/aromatic N) is 2. The summed E-state index contributed by atoms with van der Waals surface area (Å²) in [6.07, 6.45) is 1.92. The number of thioether (sulfide) groups is 1. The first-order valence-corrected chi connectivity index (χ1v) is 10.6. The average Bonchev–Trinajstić information content (AvgIpc) is 3.21. The highest BCUT2D eigenvalue weighted by atomic mass is 32.2. The van der Waals surface area contributed by atoms with Crippen molar-refractivity contribution in [1.82, 2.24) is 15.3 Å². The molecular formula is C20H22F4N4O2S. The normalized spacial score (nSPS) is 15.4. The van der Waals surface area contributed by atoms with E-state index in [4.69, 9.17) is 0 Å². The maximum atomic E-state index is 14.2. The number of halogens is 4. The van der Waals surface area contributed by atoms with Crippen LogP contribution < -0.4 is 15.8 Å². The molecule has 0 saturated carbocycles. The molecule has 168 valence electrons. The molecule has 1 aliphatic rings. The van der Waals surface area contributed by atoms with Gasteiger partial charge in [0.05, 0.1) is 10.9 Å². The van der Waals surface area contributed by atoms with Crippen LogP contribution in [0.2, 0.25) is 0 Å². The van der Waals surface area contributed by atoms with Crippen LogP contribution in [-0.2, 0) is 0 Å². The van der Waals surface area contributed by atoms with E-state index in [0.717, 1.165) is 44.1 Å². The molecule has 1 aromatic heterocycles. The van der Waals surface area contributed by atoms with Crippen LogP contribution in [-0.4, -0.2) is 34.5 Å². The second kappa shape index (κ2) is 9.29. The molecule has 11 heteroatoms. The summed E-state index contributed by atoms with van der Waals surface area (Å²) in [5.74, 6) is -1.54. The summed E-state index contributed by atoms with van der Waals surface area (Å²) in [5.41, 5.74) is -4.84. The summed E-state index contributed by atoms with van der Waals surface area (Å²) in [6, 6.07) is 3.77. The van der Waals surface area contributed by atoms with Crippen molar-refractivity contribution < 1.29 is 22.4 Å². The lowest BCUT2D eigenvalue weighted by molar-refractivity contribution is -0.0329. The highest BCUT2D eigenvalue weighted by Gasteiger charge is 2.31. The summed E-state index contributed by atoms with van der Waals surface area (Å²) in [4.78, 5) is 33.0. The largest absolute Gasteiger partial charge is 0.446 e. The fourth-order valence-electron chi connectivity index (χ4n) is 3.41. The van der Waals surface area contributed by atoms with Crippen LogP contribution in [0.25, 0.3) is 0 Å². The Morgan fingerprint density at radius 2 is 1.90 bits per heavy atom. The third-order valence-corrected chi connectivity index (χ3v) is 5.64. The fraction of sp³-hybridized carbons (Fsp3) is 0.450. The van der Waals surface area contributed by atoms with E-state index in [2.05, 4.69) is 15.3 Å². The van der Waals surface area contributed by atoms with Crippen molar-refractivity contribution in [2.45, 2.75) is 43.1 Å². The van der Waals surface area contributed by atoms with Gasteiger partial charge in [0, 0.05) is 19.2 Å². The summed E-state index contributed by atoms with van der Waals surface area (Å²) in [7, 11) is 0. The summed E-state index contributed by atoms with van der Waals surface area (Å²) in [6.45, 7) is 5.01. The van der Waals surface area contributed by atoms with Gasteiger partial charge in [0.25, 0.3) is 11.5 Å². The Bertz CT molecular complexity index is 1000. The molecule has 1 fully saturated rings. The van der Waals surface area contributed by atoms with Crippen LogP contribution in [0.15, 0.2) is 34.0 Å². The number of nitrogens with one attached hydrogen (secondary N) is 2. The lowest BCUT2D eigenvalue weighted by Gasteiger charge is -2.23. The molecule has 3 rings (SSSR count). The summed E-state index contributed by atoms with van der Waals surface area (Å²) < 4.78 is 51.9. The number of anilines is 1. The Hall–Kier alpha value is -2.56. The third-order valence-electron chi connectivity index (χ3n) is 4.86. The first-order chi connectivity index (χ1) is 14.5.